The lowest BCUT2D eigenvalue weighted by atomic mass is 10.2. The predicted octanol–water partition coefficient (Wildman–Crippen LogP) is 2.52. The Morgan fingerprint density at radius 1 is 1.60 bits per heavy atom. The van der Waals surface area contributed by atoms with E-state index in [-0.39, 0.29) is 5.82 Å². The van der Waals surface area contributed by atoms with Gasteiger partial charge in [-0.2, -0.15) is 5.26 Å². The molecule has 0 spiro atoms. The average molecular weight is 272 g/mol. The summed E-state index contributed by atoms with van der Waals surface area (Å²) in [5, 5.41) is 8.45. The van der Waals surface area contributed by atoms with Crippen molar-refractivity contribution in [3.63, 3.8) is 0 Å². The summed E-state index contributed by atoms with van der Waals surface area (Å²) in [7, 11) is 1.81. The molecule has 3 nitrogen and oxygen atoms in total. The Bertz CT molecular complexity index is 400. The Balaban J connectivity index is 2.94. The van der Waals surface area contributed by atoms with Gasteiger partial charge in [-0.05, 0) is 22.0 Å². The van der Waals surface area contributed by atoms with Crippen molar-refractivity contribution in [1.29, 1.82) is 5.26 Å². The average Bonchev–Trinajstić information content (AvgIpc) is 2.20. The van der Waals surface area contributed by atoms with Crippen LogP contribution in [0.5, 0.6) is 0 Å². The zero-order chi connectivity index (χ0) is 11.4. The molecule has 0 saturated carbocycles. The molecule has 0 radical (unpaired) electrons. The molecule has 0 unspecified atom stereocenters. The van der Waals surface area contributed by atoms with Crippen LogP contribution in [0.3, 0.4) is 0 Å². The first-order valence-corrected chi connectivity index (χ1v) is 5.18. The molecular weight excluding hydrogens is 261 g/mol. The quantitative estimate of drug-likeness (QED) is 0.860. The SMILES string of the molecule is CN(CCC#N)c1cc(Br)c(F)cc1N. The molecular formula is C10H11BrFN3. The molecule has 0 aliphatic rings. The first-order valence-electron chi connectivity index (χ1n) is 4.39. The Kier molecular flexibility index (Phi) is 3.92. The van der Waals surface area contributed by atoms with E-state index in [4.69, 9.17) is 11.0 Å². The van der Waals surface area contributed by atoms with Gasteiger partial charge in [-0.15, -0.1) is 0 Å². The number of hydrogen-bond acceptors (Lipinski definition) is 3. The van der Waals surface area contributed by atoms with Gasteiger partial charge in [-0.3, -0.25) is 0 Å². The van der Waals surface area contributed by atoms with E-state index in [1.165, 1.54) is 6.07 Å². The first-order chi connectivity index (χ1) is 7.06. The van der Waals surface area contributed by atoms with Gasteiger partial charge in [0.15, 0.2) is 0 Å². The zero-order valence-corrected chi connectivity index (χ0v) is 9.88. The highest BCUT2D eigenvalue weighted by Gasteiger charge is 2.09. The lowest BCUT2D eigenvalue weighted by Gasteiger charge is -2.20. The van der Waals surface area contributed by atoms with Crippen LogP contribution in [-0.2, 0) is 0 Å². The van der Waals surface area contributed by atoms with E-state index in [0.717, 1.165) is 5.69 Å². The lowest BCUT2D eigenvalue weighted by Crippen LogP contribution is -2.19. The smallest absolute Gasteiger partial charge is 0.139 e. The monoisotopic (exact) mass is 271 g/mol. The Hall–Kier alpha value is -1.28. The lowest BCUT2D eigenvalue weighted by molar-refractivity contribution is 0.621. The molecule has 0 aliphatic heterocycles. The molecule has 0 aromatic heterocycles. The summed E-state index contributed by atoms with van der Waals surface area (Å²) in [6.45, 7) is 0.568. The standard InChI is InChI=1S/C10H11BrFN3/c1-15(4-2-3-13)10-5-7(11)8(12)6-9(10)14/h5-6H,2,4,14H2,1H3. The van der Waals surface area contributed by atoms with Crippen molar-refractivity contribution in [2.24, 2.45) is 0 Å². The van der Waals surface area contributed by atoms with Gasteiger partial charge >= 0.3 is 0 Å². The molecule has 0 fully saturated rings. The van der Waals surface area contributed by atoms with Gasteiger partial charge in [0.2, 0.25) is 0 Å². The van der Waals surface area contributed by atoms with Crippen molar-refractivity contribution in [2.45, 2.75) is 6.42 Å². The molecule has 2 N–H and O–H groups in total. The Labute approximate surface area is 96.4 Å². The molecule has 0 bridgehead atoms. The molecule has 0 amide bonds. The third kappa shape index (κ3) is 2.83. The minimum absolute atomic E-state index is 0.371. The van der Waals surface area contributed by atoms with Gasteiger partial charge in [-0.25, -0.2) is 4.39 Å². The van der Waals surface area contributed by atoms with Crippen molar-refractivity contribution < 1.29 is 4.39 Å². The molecule has 1 aromatic rings. The maximum absolute atomic E-state index is 13.1. The number of nitrogens with two attached hydrogens (primary N) is 1. The fraction of sp³-hybridized carbons (Fsp3) is 0.300. The highest BCUT2D eigenvalue weighted by Crippen LogP contribution is 2.28. The van der Waals surface area contributed by atoms with E-state index in [2.05, 4.69) is 15.9 Å². The molecule has 80 valence electrons. The summed E-state index contributed by atoms with van der Waals surface area (Å²) in [5.74, 6) is -0.384. The topological polar surface area (TPSA) is 53.0 Å². The largest absolute Gasteiger partial charge is 0.397 e. The third-order valence-electron chi connectivity index (χ3n) is 2.04. The van der Waals surface area contributed by atoms with E-state index in [0.29, 0.717) is 23.1 Å². The maximum atomic E-state index is 13.1. The Morgan fingerprint density at radius 3 is 2.87 bits per heavy atom. The van der Waals surface area contributed by atoms with Crippen molar-refractivity contribution in [3.8, 4) is 6.07 Å². The summed E-state index contributed by atoms with van der Waals surface area (Å²) in [4.78, 5) is 1.82. The minimum Gasteiger partial charge on any atom is -0.397 e. The normalized spacial score (nSPS) is 9.73. The summed E-state index contributed by atoms with van der Waals surface area (Å²) in [5.41, 5.74) is 6.77. The minimum atomic E-state index is -0.384. The van der Waals surface area contributed by atoms with E-state index < -0.39 is 0 Å². The molecule has 1 rings (SSSR count). The summed E-state index contributed by atoms with van der Waals surface area (Å²) >= 11 is 3.09. The fourth-order valence-electron chi connectivity index (χ4n) is 1.22. The molecule has 0 atom stereocenters. The summed E-state index contributed by atoms with van der Waals surface area (Å²) in [6.07, 6.45) is 0.408. The number of nitrogens with zero attached hydrogens (tertiary/aromatic N) is 2. The number of halogens is 2. The number of hydrogen-bond donors (Lipinski definition) is 1. The summed E-state index contributed by atoms with van der Waals surface area (Å²) in [6, 6.07) is 4.92. The number of anilines is 2. The molecule has 5 heteroatoms. The maximum Gasteiger partial charge on any atom is 0.139 e. The number of rotatable bonds is 3. The van der Waals surface area contributed by atoms with Gasteiger partial charge in [0, 0.05) is 19.7 Å². The third-order valence-corrected chi connectivity index (χ3v) is 2.65. The van der Waals surface area contributed by atoms with Crippen LogP contribution in [0.25, 0.3) is 0 Å². The molecule has 1 aromatic carbocycles. The van der Waals surface area contributed by atoms with Crippen molar-refractivity contribution in [2.75, 3.05) is 24.2 Å². The van der Waals surface area contributed by atoms with Gasteiger partial charge in [0.05, 0.1) is 28.3 Å². The first kappa shape index (κ1) is 11.8. The van der Waals surface area contributed by atoms with E-state index >= 15 is 0 Å². The molecule has 0 heterocycles. The van der Waals surface area contributed by atoms with E-state index in [1.54, 1.807) is 6.07 Å². The van der Waals surface area contributed by atoms with Gasteiger partial charge in [-0.1, -0.05) is 0 Å². The summed E-state index contributed by atoms with van der Waals surface area (Å²) < 4.78 is 13.4. The predicted molar refractivity (Wildman–Crippen MR) is 62.0 cm³/mol. The second-order valence-electron chi connectivity index (χ2n) is 3.15. The number of nitriles is 1. The molecule has 15 heavy (non-hydrogen) atoms. The van der Waals surface area contributed by atoms with E-state index in [9.17, 15) is 4.39 Å². The molecule has 0 aliphatic carbocycles. The van der Waals surface area contributed by atoms with Crippen LogP contribution >= 0.6 is 15.9 Å². The van der Waals surface area contributed by atoms with Crippen LogP contribution in [0.2, 0.25) is 0 Å². The second-order valence-corrected chi connectivity index (χ2v) is 4.01. The van der Waals surface area contributed by atoms with Crippen molar-refractivity contribution >= 4 is 27.3 Å². The van der Waals surface area contributed by atoms with Crippen molar-refractivity contribution in [1.82, 2.24) is 0 Å². The van der Waals surface area contributed by atoms with Crippen LogP contribution < -0.4 is 10.6 Å². The van der Waals surface area contributed by atoms with E-state index in [1.807, 2.05) is 18.0 Å². The van der Waals surface area contributed by atoms with Gasteiger partial charge in [0.25, 0.3) is 0 Å². The number of benzene rings is 1. The van der Waals surface area contributed by atoms with Crippen LogP contribution in [0, 0.1) is 17.1 Å². The zero-order valence-electron chi connectivity index (χ0n) is 8.30. The van der Waals surface area contributed by atoms with Crippen molar-refractivity contribution in [3.05, 3.63) is 22.4 Å². The van der Waals surface area contributed by atoms with Gasteiger partial charge < -0.3 is 10.6 Å². The van der Waals surface area contributed by atoms with Crippen LogP contribution in [-0.4, -0.2) is 13.6 Å². The highest BCUT2D eigenvalue weighted by molar-refractivity contribution is 9.10. The molecule has 0 saturated heterocycles. The van der Waals surface area contributed by atoms with Crippen LogP contribution in [0.1, 0.15) is 6.42 Å². The highest BCUT2D eigenvalue weighted by atomic mass is 79.9. The fourth-order valence-corrected chi connectivity index (χ4v) is 1.55. The van der Waals surface area contributed by atoms with Crippen LogP contribution in [0.15, 0.2) is 16.6 Å². The number of nitrogen functional groups attached to an aromatic ring is 1. The van der Waals surface area contributed by atoms with Crippen LogP contribution in [0.4, 0.5) is 15.8 Å². The van der Waals surface area contributed by atoms with Gasteiger partial charge in [0.1, 0.15) is 5.82 Å². The Morgan fingerprint density at radius 2 is 2.27 bits per heavy atom. The second kappa shape index (κ2) is 4.99.